The Labute approximate surface area is 169 Å². The highest BCUT2D eigenvalue weighted by Gasteiger charge is 2.22. The number of aromatic nitrogens is 2. The molecule has 0 spiro atoms. The minimum absolute atomic E-state index is 0.357. The first kappa shape index (κ1) is 20.2. The van der Waals surface area contributed by atoms with Crippen LogP contribution in [0.2, 0.25) is 0 Å². The second-order valence-corrected chi connectivity index (χ2v) is 8.53. The number of carbonyl (C=O) groups is 1. The fraction of sp³-hybridized carbons (Fsp3) is 0.381. The predicted molar refractivity (Wildman–Crippen MR) is 111 cm³/mol. The minimum Gasteiger partial charge on any atom is -0.444 e. The maximum absolute atomic E-state index is 12.5. The molecule has 0 unspecified atom stereocenters. The summed E-state index contributed by atoms with van der Waals surface area (Å²) >= 11 is 1.67. The van der Waals surface area contributed by atoms with Crippen molar-refractivity contribution in [3.8, 4) is 10.6 Å². The Kier molecular flexibility index (Phi) is 6.26. The highest BCUT2D eigenvalue weighted by Crippen LogP contribution is 2.31. The monoisotopic (exact) mass is 399 g/mol. The fourth-order valence-corrected chi connectivity index (χ4v) is 3.64. The molecule has 3 rings (SSSR count). The number of rotatable bonds is 6. The van der Waals surface area contributed by atoms with E-state index in [2.05, 4.69) is 16.0 Å². The average molecular weight is 400 g/mol. The Morgan fingerprint density at radius 3 is 2.68 bits per heavy atom. The number of thiophene rings is 1. The van der Waals surface area contributed by atoms with Gasteiger partial charge in [0.05, 0.1) is 33.9 Å². The van der Waals surface area contributed by atoms with Gasteiger partial charge in [-0.3, -0.25) is 9.97 Å². The van der Waals surface area contributed by atoms with E-state index < -0.39 is 5.60 Å². The van der Waals surface area contributed by atoms with E-state index in [9.17, 15) is 4.79 Å². The number of carbonyl (C=O) groups excluding carboxylic acids is 1. The third-order valence-electron chi connectivity index (χ3n) is 3.96. The third-order valence-corrected chi connectivity index (χ3v) is 5.07. The van der Waals surface area contributed by atoms with E-state index in [1.165, 1.54) is 0 Å². The number of hydrogen-bond donors (Lipinski definition) is 0. The molecule has 28 heavy (non-hydrogen) atoms. The smallest absolute Gasteiger partial charge is 0.410 e. The van der Waals surface area contributed by atoms with Gasteiger partial charge in [-0.15, -0.1) is 11.3 Å². The highest BCUT2D eigenvalue weighted by molar-refractivity contribution is 7.22. The lowest BCUT2D eigenvalue weighted by Gasteiger charge is -2.27. The summed E-state index contributed by atoms with van der Waals surface area (Å²) in [7, 11) is 1.61. The van der Waals surface area contributed by atoms with E-state index >= 15 is 0 Å². The number of amides is 1. The van der Waals surface area contributed by atoms with Gasteiger partial charge >= 0.3 is 6.09 Å². The molecule has 3 aromatic rings. The number of pyridine rings is 2. The molecular weight excluding hydrogens is 374 g/mol. The van der Waals surface area contributed by atoms with Crippen LogP contribution in [0.15, 0.2) is 42.7 Å². The molecule has 6 nitrogen and oxygen atoms in total. The van der Waals surface area contributed by atoms with Crippen LogP contribution in [0.4, 0.5) is 4.79 Å². The molecule has 0 aliphatic carbocycles. The van der Waals surface area contributed by atoms with Crippen molar-refractivity contribution in [1.82, 2.24) is 14.9 Å². The molecule has 1 amide bonds. The molecule has 7 heteroatoms. The van der Waals surface area contributed by atoms with Crippen LogP contribution in [0.5, 0.6) is 0 Å². The zero-order chi connectivity index (χ0) is 20.1. The van der Waals surface area contributed by atoms with Gasteiger partial charge < -0.3 is 14.4 Å². The summed E-state index contributed by atoms with van der Waals surface area (Å²) in [5.41, 5.74) is 2.26. The second-order valence-electron chi connectivity index (χ2n) is 7.44. The van der Waals surface area contributed by atoms with E-state index in [1.54, 1.807) is 35.7 Å². The van der Waals surface area contributed by atoms with Crippen LogP contribution in [-0.4, -0.2) is 46.8 Å². The maximum atomic E-state index is 12.5. The van der Waals surface area contributed by atoms with E-state index in [1.807, 2.05) is 45.0 Å². The van der Waals surface area contributed by atoms with Gasteiger partial charge in [-0.25, -0.2) is 4.79 Å². The van der Waals surface area contributed by atoms with Gasteiger partial charge in [-0.05, 0) is 50.6 Å². The molecule has 0 saturated heterocycles. The van der Waals surface area contributed by atoms with Crippen molar-refractivity contribution < 1.29 is 14.3 Å². The number of nitrogens with zero attached hydrogens (tertiary/aromatic N) is 3. The van der Waals surface area contributed by atoms with Crippen LogP contribution in [0.1, 0.15) is 26.3 Å². The van der Waals surface area contributed by atoms with Crippen LogP contribution in [-0.2, 0) is 16.0 Å². The van der Waals surface area contributed by atoms with Crippen LogP contribution in [0, 0.1) is 0 Å². The van der Waals surface area contributed by atoms with Crippen LogP contribution >= 0.6 is 11.3 Å². The summed E-state index contributed by atoms with van der Waals surface area (Å²) < 4.78 is 11.8. The zero-order valence-corrected chi connectivity index (χ0v) is 17.5. The van der Waals surface area contributed by atoms with Crippen molar-refractivity contribution in [2.45, 2.75) is 32.9 Å². The molecule has 0 aromatic carbocycles. The first-order valence-electron chi connectivity index (χ1n) is 9.12. The molecule has 0 saturated carbocycles. The number of methoxy groups -OCH3 is 1. The first-order valence-corrected chi connectivity index (χ1v) is 9.94. The van der Waals surface area contributed by atoms with E-state index in [0.717, 1.165) is 26.4 Å². The molecule has 0 bridgehead atoms. The molecule has 3 aromatic heterocycles. The van der Waals surface area contributed by atoms with Gasteiger partial charge in [-0.1, -0.05) is 6.07 Å². The molecule has 0 N–H and O–H groups in total. The predicted octanol–water partition coefficient (Wildman–Crippen LogP) is 4.74. The van der Waals surface area contributed by atoms with Crippen molar-refractivity contribution in [2.75, 3.05) is 20.3 Å². The standard InChI is InChI=1S/C21H25N3O3S/c1-21(2,3)27-20(25)24(10-11-26-4)14-15-7-8-16(23-13-15)19-12-17-18(28-19)6-5-9-22-17/h5-9,12-13H,10-11,14H2,1-4H3. The van der Waals surface area contributed by atoms with Gasteiger partial charge in [0.1, 0.15) is 5.60 Å². The third kappa shape index (κ3) is 5.27. The van der Waals surface area contributed by atoms with Crippen molar-refractivity contribution in [1.29, 1.82) is 0 Å². The Bertz CT molecular complexity index is 899. The Morgan fingerprint density at radius 1 is 1.21 bits per heavy atom. The first-order chi connectivity index (χ1) is 13.4. The summed E-state index contributed by atoms with van der Waals surface area (Å²) in [6, 6.07) is 10.0. The average Bonchev–Trinajstić information content (AvgIpc) is 3.08. The van der Waals surface area contributed by atoms with Crippen molar-refractivity contribution >= 4 is 27.6 Å². The van der Waals surface area contributed by atoms with Gasteiger partial charge in [0.15, 0.2) is 0 Å². The summed E-state index contributed by atoms with van der Waals surface area (Å²) in [4.78, 5) is 24.1. The number of fused-ring (bicyclic) bond motifs is 1. The Hall–Kier alpha value is -2.51. The quantitative estimate of drug-likeness (QED) is 0.599. The van der Waals surface area contributed by atoms with E-state index in [-0.39, 0.29) is 6.09 Å². The minimum atomic E-state index is -0.542. The van der Waals surface area contributed by atoms with E-state index in [4.69, 9.17) is 9.47 Å². The normalized spacial score (nSPS) is 11.6. The molecule has 0 atom stereocenters. The molecule has 0 aliphatic rings. The van der Waals surface area contributed by atoms with Gasteiger partial charge in [-0.2, -0.15) is 0 Å². The molecule has 0 fully saturated rings. The maximum Gasteiger partial charge on any atom is 0.410 e. The lowest BCUT2D eigenvalue weighted by Crippen LogP contribution is -2.38. The highest BCUT2D eigenvalue weighted by atomic mass is 32.1. The summed E-state index contributed by atoms with van der Waals surface area (Å²) in [5.74, 6) is 0. The van der Waals surface area contributed by atoms with Crippen molar-refractivity contribution in [3.05, 3.63) is 48.3 Å². The van der Waals surface area contributed by atoms with Crippen molar-refractivity contribution in [2.24, 2.45) is 0 Å². The van der Waals surface area contributed by atoms with Crippen LogP contribution < -0.4 is 0 Å². The SMILES string of the molecule is COCCN(Cc1ccc(-c2cc3ncccc3s2)nc1)C(=O)OC(C)(C)C. The van der Waals surface area contributed by atoms with Gasteiger partial charge in [0.2, 0.25) is 0 Å². The van der Waals surface area contributed by atoms with Crippen LogP contribution in [0.25, 0.3) is 20.8 Å². The summed E-state index contributed by atoms with van der Waals surface area (Å²) in [6.45, 7) is 6.88. The zero-order valence-electron chi connectivity index (χ0n) is 16.6. The van der Waals surface area contributed by atoms with Crippen molar-refractivity contribution in [3.63, 3.8) is 0 Å². The fourth-order valence-electron chi connectivity index (χ4n) is 2.64. The largest absolute Gasteiger partial charge is 0.444 e. The Morgan fingerprint density at radius 2 is 2.04 bits per heavy atom. The molecule has 148 valence electrons. The van der Waals surface area contributed by atoms with Gasteiger partial charge in [0, 0.05) is 26.0 Å². The lowest BCUT2D eigenvalue weighted by molar-refractivity contribution is 0.0184. The summed E-state index contributed by atoms with van der Waals surface area (Å²) in [5, 5.41) is 0. The van der Waals surface area contributed by atoms with E-state index in [0.29, 0.717) is 19.7 Å². The van der Waals surface area contributed by atoms with Gasteiger partial charge in [0.25, 0.3) is 0 Å². The lowest BCUT2D eigenvalue weighted by atomic mass is 10.2. The molecule has 0 radical (unpaired) electrons. The Balaban J connectivity index is 1.74. The molecule has 3 heterocycles. The summed E-state index contributed by atoms with van der Waals surface area (Å²) in [6.07, 6.45) is 3.24. The number of hydrogen-bond acceptors (Lipinski definition) is 6. The molecular formula is C21H25N3O3S. The second kappa shape index (κ2) is 8.67. The topological polar surface area (TPSA) is 64.5 Å². The number of ether oxygens (including phenoxy) is 2. The molecule has 0 aliphatic heterocycles. The van der Waals surface area contributed by atoms with Crippen LogP contribution in [0.3, 0.4) is 0 Å².